The van der Waals surface area contributed by atoms with E-state index in [0.29, 0.717) is 24.6 Å². The predicted molar refractivity (Wildman–Crippen MR) is 85.3 cm³/mol. The molecule has 134 valence electrons. The third kappa shape index (κ3) is 4.09. The van der Waals surface area contributed by atoms with Crippen molar-refractivity contribution in [3.05, 3.63) is 41.3 Å². The minimum atomic E-state index is -4.40. The van der Waals surface area contributed by atoms with Gasteiger partial charge in [-0.05, 0) is 38.0 Å². The molecule has 1 aliphatic rings. The van der Waals surface area contributed by atoms with E-state index in [4.69, 9.17) is 0 Å². The summed E-state index contributed by atoms with van der Waals surface area (Å²) in [5.74, 6) is 0.208. The highest BCUT2D eigenvalue weighted by Crippen LogP contribution is 2.29. The van der Waals surface area contributed by atoms with Crippen LogP contribution in [0.3, 0.4) is 0 Å². The van der Waals surface area contributed by atoms with Crippen molar-refractivity contribution in [2.75, 3.05) is 18.0 Å². The number of carbonyl (C=O) groups excluding carboxylic acids is 1. The number of pyridine rings is 1. The Hall–Kier alpha value is -2.58. The maximum absolute atomic E-state index is 12.6. The van der Waals surface area contributed by atoms with Crippen molar-refractivity contribution in [1.82, 2.24) is 20.5 Å². The Morgan fingerprint density at radius 1 is 1.40 bits per heavy atom. The summed E-state index contributed by atoms with van der Waals surface area (Å²) in [6.07, 6.45) is -1.95. The molecule has 1 aliphatic heterocycles. The second-order valence-corrected chi connectivity index (χ2v) is 6.10. The van der Waals surface area contributed by atoms with E-state index >= 15 is 0 Å². The average molecular weight is 353 g/mol. The maximum atomic E-state index is 12.6. The molecule has 1 amide bonds. The number of hydrogen-bond acceptors (Lipinski definition) is 4. The van der Waals surface area contributed by atoms with E-state index in [2.05, 4.69) is 20.5 Å². The zero-order chi connectivity index (χ0) is 18.0. The fourth-order valence-electron chi connectivity index (χ4n) is 2.84. The highest BCUT2D eigenvalue weighted by Gasteiger charge is 2.31. The molecular weight excluding hydrogens is 335 g/mol. The van der Waals surface area contributed by atoms with Crippen molar-refractivity contribution in [3.8, 4) is 0 Å². The van der Waals surface area contributed by atoms with Gasteiger partial charge in [0.25, 0.3) is 5.91 Å². The summed E-state index contributed by atoms with van der Waals surface area (Å²) < 4.78 is 37.9. The molecule has 25 heavy (non-hydrogen) atoms. The molecule has 0 spiro atoms. The minimum absolute atomic E-state index is 0.109. The SMILES string of the molecule is Cc1cc(C(=O)NC2CCCN(c3ccc(C(F)(F)F)cn3)C2)n[nH]1. The number of halogens is 3. The lowest BCUT2D eigenvalue weighted by atomic mass is 10.1. The number of aryl methyl sites for hydroxylation is 1. The van der Waals surface area contributed by atoms with Crippen LogP contribution in [-0.2, 0) is 6.18 Å². The van der Waals surface area contributed by atoms with E-state index < -0.39 is 11.7 Å². The van der Waals surface area contributed by atoms with Crippen LogP contribution in [0.5, 0.6) is 0 Å². The normalized spacial score (nSPS) is 18.2. The first kappa shape index (κ1) is 17.2. The van der Waals surface area contributed by atoms with Crippen LogP contribution in [0.1, 0.15) is 34.6 Å². The summed E-state index contributed by atoms with van der Waals surface area (Å²) in [6, 6.07) is 3.94. The lowest BCUT2D eigenvalue weighted by Crippen LogP contribution is -2.48. The van der Waals surface area contributed by atoms with Gasteiger partial charge in [-0.1, -0.05) is 0 Å². The Kier molecular flexibility index (Phi) is 4.65. The van der Waals surface area contributed by atoms with Gasteiger partial charge in [-0.15, -0.1) is 0 Å². The highest BCUT2D eigenvalue weighted by molar-refractivity contribution is 5.92. The molecule has 6 nitrogen and oxygen atoms in total. The zero-order valence-electron chi connectivity index (χ0n) is 13.6. The number of amides is 1. The van der Waals surface area contributed by atoms with Crippen molar-refractivity contribution in [2.45, 2.75) is 32.0 Å². The van der Waals surface area contributed by atoms with Crippen molar-refractivity contribution in [2.24, 2.45) is 0 Å². The Morgan fingerprint density at radius 3 is 2.80 bits per heavy atom. The molecule has 3 rings (SSSR count). The smallest absolute Gasteiger partial charge is 0.355 e. The number of anilines is 1. The van der Waals surface area contributed by atoms with Gasteiger partial charge in [0.15, 0.2) is 0 Å². The molecule has 3 heterocycles. The van der Waals surface area contributed by atoms with Gasteiger partial charge >= 0.3 is 6.18 Å². The molecule has 1 fully saturated rings. The molecule has 1 atom stereocenters. The summed E-state index contributed by atoms with van der Waals surface area (Å²) in [5, 5.41) is 9.55. The van der Waals surface area contributed by atoms with Gasteiger partial charge in [0.1, 0.15) is 11.5 Å². The summed E-state index contributed by atoms with van der Waals surface area (Å²) in [4.78, 5) is 18.0. The average Bonchev–Trinajstić information content (AvgIpc) is 3.01. The molecule has 2 aromatic heterocycles. The molecule has 0 saturated carbocycles. The van der Waals surface area contributed by atoms with Gasteiger partial charge in [0, 0.05) is 31.0 Å². The van der Waals surface area contributed by atoms with Gasteiger partial charge in [0.05, 0.1) is 5.56 Å². The first-order valence-corrected chi connectivity index (χ1v) is 7.94. The standard InChI is InChI=1S/C16H18F3N5O/c1-10-7-13(23-22-10)15(25)21-12-3-2-6-24(9-12)14-5-4-11(8-20-14)16(17,18)19/h4-5,7-8,12H,2-3,6,9H2,1H3,(H,21,25)(H,22,23). The highest BCUT2D eigenvalue weighted by atomic mass is 19.4. The molecule has 2 N–H and O–H groups in total. The van der Waals surface area contributed by atoms with E-state index in [-0.39, 0.29) is 11.9 Å². The number of nitrogens with one attached hydrogen (secondary N) is 2. The number of rotatable bonds is 3. The summed E-state index contributed by atoms with van der Waals surface area (Å²) in [7, 11) is 0. The Morgan fingerprint density at radius 2 is 2.20 bits per heavy atom. The van der Waals surface area contributed by atoms with Crippen LogP contribution in [0, 0.1) is 6.92 Å². The summed E-state index contributed by atoms with van der Waals surface area (Å²) >= 11 is 0. The summed E-state index contributed by atoms with van der Waals surface area (Å²) in [6.45, 7) is 2.99. The van der Waals surface area contributed by atoms with E-state index in [9.17, 15) is 18.0 Å². The maximum Gasteiger partial charge on any atom is 0.417 e. The van der Waals surface area contributed by atoms with E-state index in [0.717, 1.165) is 30.8 Å². The van der Waals surface area contributed by atoms with Crippen molar-refractivity contribution in [3.63, 3.8) is 0 Å². The molecule has 1 saturated heterocycles. The molecule has 0 radical (unpaired) electrons. The molecular formula is C16H18F3N5O. The lowest BCUT2D eigenvalue weighted by Gasteiger charge is -2.33. The number of aromatic nitrogens is 3. The Balaban J connectivity index is 1.64. The number of aromatic amines is 1. The molecule has 2 aromatic rings. The third-order valence-electron chi connectivity index (χ3n) is 4.09. The molecule has 1 unspecified atom stereocenters. The summed E-state index contributed by atoms with van der Waals surface area (Å²) in [5.41, 5.74) is 0.346. The molecule has 0 aromatic carbocycles. The van der Waals surface area contributed by atoms with E-state index in [1.54, 1.807) is 6.07 Å². The topological polar surface area (TPSA) is 73.9 Å². The number of hydrogen-bond donors (Lipinski definition) is 2. The number of piperidine rings is 1. The number of alkyl halides is 3. The lowest BCUT2D eigenvalue weighted by molar-refractivity contribution is -0.137. The van der Waals surface area contributed by atoms with E-state index in [1.165, 1.54) is 6.07 Å². The minimum Gasteiger partial charge on any atom is -0.355 e. The Labute approximate surface area is 142 Å². The predicted octanol–water partition coefficient (Wildman–Crippen LogP) is 2.53. The number of carbonyl (C=O) groups is 1. The molecule has 9 heteroatoms. The monoisotopic (exact) mass is 353 g/mol. The largest absolute Gasteiger partial charge is 0.417 e. The van der Waals surface area contributed by atoms with Gasteiger partial charge < -0.3 is 10.2 Å². The second-order valence-electron chi connectivity index (χ2n) is 6.10. The van der Waals surface area contributed by atoms with Crippen LogP contribution in [0.15, 0.2) is 24.4 Å². The van der Waals surface area contributed by atoms with Crippen molar-refractivity contribution in [1.29, 1.82) is 0 Å². The zero-order valence-corrected chi connectivity index (χ0v) is 13.6. The molecule has 0 bridgehead atoms. The first-order valence-electron chi connectivity index (χ1n) is 7.94. The van der Waals surface area contributed by atoms with Gasteiger partial charge in [0.2, 0.25) is 0 Å². The number of H-pyrrole nitrogens is 1. The van der Waals surface area contributed by atoms with Crippen LogP contribution in [-0.4, -0.2) is 40.2 Å². The first-order chi connectivity index (χ1) is 11.8. The Bertz CT molecular complexity index is 741. The third-order valence-corrected chi connectivity index (χ3v) is 4.09. The van der Waals surface area contributed by atoms with Crippen LogP contribution < -0.4 is 10.2 Å². The van der Waals surface area contributed by atoms with Crippen LogP contribution in [0.4, 0.5) is 19.0 Å². The van der Waals surface area contributed by atoms with Crippen LogP contribution >= 0.6 is 0 Å². The van der Waals surface area contributed by atoms with Crippen molar-refractivity contribution < 1.29 is 18.0 Å². The van der Waals surface area contributed by atoms with Gasteiger partial charge in [-0.3, -0.25) is 9.89 Å². The van der Waals surface area contributed by atoms with Crippen LogP contribution in [0.25, 0.3) is 0 Å². The quantitative estimate of drug-likeness (QED) is 0.889. The van der Waals surface area contributed by atoms with Crippen LogP contribution in [0.2, 0.25) is 0 Å². The van der Waals surface area contributed by atoms with Gasteiger partial charge in [-0.2, -0.15) is 18.3 Å². The van der Waals surface area contributed by atoms with Gasteiger partial charge in [-0.25, -0.2) is 4.98 Å². The fourth-order valence-corrected chi connectivity index (χ4v) is 2.84. The van der Waals surface area contributed by atoms with Crippen molar-refractivity contribution >= 4 is 11.7 Å². The van der Waals surface area contributed by atoms with E-state index in [1.807, 2.05) is 11.8 Å². The second kappa shape index (κ2) is 6.73. The number of nitrogens with zero attached hydrogens (tertiary/aromatic N) is 3. The molecule has 0 aliphatic carbocycles. The fraction of sp³-hybridized carbons (Fsp3) is 0.438.